The van der Waals surface area contributed by atoms with Gasteiger partial charge in [0.15, 0.2) is 12.3 Å². The number of carbonyl (C=O) groups is 3. The molecule has 2 aliphatic rings. The van der Waals surface area contributed by atoms with Crippen molar-refractivity contribution in [3.8, 4) is 11.1 Å². The van der Waals surface area contributed by atoms with E-state index in [2.05, 4.69) is 23.3 Å². The van der Waals surface area contributed by atoms with Gasteiger partial charge in [-0.2, -0.15) is 0 Å². The van der Waals surface area contributed by atoms with E-state index in [0.717, 1.165) is 22.3 Å². The Balaban J connectivity index is 1.46. The lowest BCUT2D eigenvalue weighted by atomic mass is 9.96. The summed E-state index contributed by atoms with van der Waals surface area (Å²) in [7, 11) is 0. The van der Waals surface area contributed by atoms with Gasteiger partial charge < -0.3 is 44.9 Å². The molecule has 2 unspecified atom stereocenters. The van der Waals surface area contributed by atoms with Crippen LogP contribution in [0.1, 0.15) is 30.5 Å². The summed E-state index contributed by atoms with van der Waals surface area (Å²) in [5.74, 6) is -1.40. The summed E-state index contributed by atoms with van der Waals surface area (Å²) in [6, 6.07) is 11.2. The molecule has 2 amide bonds. The molecule has 2 aromatic rings. The van der Waals surface area contributed by atoms with Gasteiger partial charge in [-0.05, 0) is 41.2 Å². The maximum Gasteiger partial charge on any atom is 0.408 e. The monoisotopic (exact) mass is 584 g/mol. The first-order chi connectivity index (χ1) is 20.1. The van der Waals surface area contributed by atoms with Crippen molar-refractivity contribution in [3.63, 3.8) is 0 Å². The van der Waals surface area contributed by atoms with Gasteiger partial charge in [0.2, 0.25) is 5.91 Å². The molecule has 1 aliphatic heterocycles. The van der Waals surface area contributed by atoms with E-state index in [1.807, 2.05) is 36.4 Å². The number of hydrogen-bond donors (Lipinski definition) is 5. The second kappa shape index (κ2) is 13.9. The first kappa shape index (κ1) is 31.1. The average Bonchev–Trinajstić information content (AvgIpc) is 3.36. The van der Waals surface area contributed by atoms with E-state index < -0.39 is 67.4 Å². The minimum Gasteiger partial charge on any atom is -0.460 e. The molecule has 226 valence electrons. The number of aliphatic hydroxyl groups excluding tert-OH is 3. The van der Waals surface area contributed by atoms with E-state index in [1.54, 1.807) is 0 Å². The fourth-order valence-electron chi connectivity index (χ4n) is 5.15. The number of carbonyl (C=O) groups excluding carboxylic acids is 3. The third-order valence-corrected chi connectivity index (χ3v) is 7.25. The molecule has 12 heteroatoms. The zero-order chi connectivity index (χ0) is 30.4. The Bertz CT molecular complexity index is 1300. The second-order valence-corrected chi connectivity index (χ2v) is 10.2. The minimum absolute atomic E-state index is 0.0503. The van der Waals surface area contributed by atoms with Crippen LogP contribution < -0.4 is 10.6 Å². The number of nitrogens with one attached hydrogen (secondary N) is 2. The molecule has 0 saturated carbocycles. The molecule has 2 aromatic carbocycles. The SMILES string of the molecule is C=CCOC(=O)C(NC(=O)OCc1cccc2c1Cc1ccccc1-2)C(C)O[C@H]1O[C@H](CO)[C@H](O)[C@H](O)[C@H]1NC(C)=O. The fraction of sp³-hybridized carbons (Fsp3) is 0.433. The number of aliphatic hydroxyl groups is 3. The zero-order valence-electron chi connectivity index (χ0n) is 23.4. The van der Waals surface area contributed by atoms with Crippen LogP contribution in [0.15, 0.2) is 55.1 Å². The first-order valence-electron chi connectivity index (χ1n) is 13.6. The molecule has 1 fully saturated rings. The quantitative estimate of drug-likeness (QED) is 0.161. The number of alkyl carbamates (subject to hydrolysis) is 1. The van der Waals surface area contributed by atoms with E-state index in [0.29, 0.717) is 6.42 Å². The molecule has 7 atom stereocenters. The van der Waals surface area contributed by atoms with Gasteiger partial charge in [0.1, 0.15) is 37.6 Å². The van der Waals surface area contributed by atoms with E-state index in [9.17, 15) is 29.7 Å². The molecule has 5 N–H and O–H groups in total. The Kier molecular flexibility index (Phi) is 10.3. The van der Waals surface area contributed by atoms with Crippen molar-refractivity contribution in [3.05, 3.63) is 71.8 Å². The van der Waals surface area contributed by atoms with Gasteiger partial charge in [-0.1, -0.05) is 55.1 Å². The third-order valence-electron chi connectivity index (χ3n) is 7.25. The number of fused-ring (bicyclic) bond motifs is 3. The first-order valence-corrected chi connectivity index (χ1v) is 13.6. The molecular weight excluding hydrogens is 548 g/mol. The van der Waals surface area contributed by atoms with Gasteiger partial charge in [-0.3, -0.25) is 4.79 Å². The van der Waals surface area contributed by atoms with Gasteiger partial charge in [-0.15, -0.1) is 0 Å². The predicted molar refractivity (Wildman–Crippen MR) is 149 cm³/mol. The number of hydrogen-bond acceptors (Lipinski definition) is 10. The lowest BCUT2D eigenvalue weighted by Crippen LogP contribution is -2.65. The lowest BCUT2D eigenvalue weighted by Gasteiger charge is -2.43. The standard InChI is InChI=1S/C30H36N2O10/c1-4-12-39-28(37)24(16(2)41-29-25(31-17(3)34)27(36)26(35)23(14-33)42-29)32-30(38)40-15-19-9-7-11-21-20-10-6-5-8-18(20)13-22(19)21/h4-11,16,23-27,29,33,35-36H,1,12-15H2,2-3H3,(H,31,34)(H,32,38)/t16?,23-,24?,25-,26+,27-,29+/m1/s1. The highest BCUT2D eigenvalue weighted by Crippen LogP contribution is 2.38. The Morgan fingerprint density at radius 3 is 2.55 bits per heavy atom. The van der Waals surface area contributed by atoms with Crippen molar-refractivity contribution >= 4 is 18.0 Å². The molecule has 0 bridgehead atoms. The zero-order valence-corrected chi connectivity index (χ0v) is 23.4. The lowest BCUT2D eigenvalue weighted by molar-refractivity contribution is -0.282. The van der Waals surface area contributed by atoms with Crippen LogP contribution in [0.2, 0.25) is 0 Å². The fourth-order valence-corrected chi connectivity index (χ4v) is 5.15. The van der Waals surface area contributed by atoms with Crippen LogP contribution in [-0.2, 0) is 41.6 Å². The predicted octanol–water partition coefficient (Wildman–Crippen LogP) is 0.931. The smallest absolute Gasteiger partial charge is 0.408 e. The van der Waals surface area contributed by atoms with Crippen LogP contribution in [0.5, 0.6) is 0 Å². The van der Waals surface area contributed by atoms with Crippen LogP contribution in [-0.4, -0.2) is 89.3 Å². The van der Waals surface area contributed by atoms with Crippen LogP contribution >= 0.6 is 0 Å². The molecule has 4 rings (SSSR count). The molecule has 1 saturated heterocycles. The Morgan fingerprint density at radius 1 is 1.10 bits per heavy atom. The second-order valence-electron chi connectivity index (χ2n) is 10.2. The van der Waals surface area contributed by atoms with E-state index in [-0.39, 0.29) is 13.2 Å². The average molecular weight is 585 g/mol. The maximum atomic E-state index is 12.9. The molecule has 1 aliphatic carbocycles. The van der Waals surface area contributed by atoms with Gasteiger partial charge in [0.05, 0.1) is 12.7 Å². The Morgan fingerprint density at radius 2 is 1.83 bits per heavy atom. The van der Waals surface area contributed by atoms with Crippen molar-refractivity contribution in [2.45, 2.75) is 69.7 Å². The number of esters is 1. The van der Waals surface area contributed by atoms with Crippen LogP contribution in [0, 0.1) is 0 Å². The van der Waals surface area contributed by atoms with E-state index in [1.165, 1.54) is 25.5 Å². The molecule has 12 nitrogen and oxygen atoms in total. The maximum absolute atomic E-state index is 12.9. The van der Waals surface area contributed by atoms with Gasteiger partial charge in [0, 0.05) is 6.92 Å². The van der Waals surface area contributed by atoms with E-state index >= 15 is 0 Å². The van der Waals surface area contributed by atoms with Crippen molar-refractivity contribution < 1.29 is 48.7 Å². The van der Waals surface area contributed by atoms with Crippen LogP contribution in [0.4, 0.5) is 4.79 Å². The van der Waals surface area contributed by atoms with Gasteiger partial charge in [0.25, 0.3) is 0 Å². The number of rotatable bonds is 11. The number of benzene rings is 2. The van der Waals surface area contributed by atoms with Gasteiger partial charge in [-0.25, -0.2) is 9.59 Å². The number of ether oxygens (including phenoxy) is 4. The summed E-state index contributed by atoms with van der Waals surface area (Å²) < 4.78 is 22.1. The summed E-state index contributed by atoms with van der Waals surface area (Å²) in [5, 5.41) is 35.3. The number of amides is 2. The molecule has 0 aromatic heterocycles. The summed E-state index contributed by atoms with van der Waals surface area (Å²) >= 11 is 0. The van der Waals surface area contributed by atoms with Crippen LogP contribution in [0.25, 0.3) is 11.1 Å². The Hall–Kier alpha value is -3.81. The van der Waals surface area contributed by atoms with Crippen molar-refractivity contribution in [1.82, 2.24) is 10.6 Å². The summed E-state index contributed by atoms with van der Waals surface area (Å²) in [5.41, 5.74) is 5.28. The van der Waals surface area contributed by atoms with Crippen LogP contribution in [0.3, 0.4) is 0 Å². The molecule has 0 radical (unpaired) electrons. The van der Waals surface area contributed by atoms with Gasteiger partial charge >= 0.3 is 12.1 Å². The third kappa shape index (κ3) is 6.97. The van der Waals surface area contributed by atoms with Crippen molar-refractivity contribution in [2.24, 2.45) is 0 Å². The molecule has 1 heterocycles. The molecule has 42 heavy (non-hydrogen) atoms. The highest BCUT2D eigenvalue weighted by molar-refractivity contribution is 5.82. The normalized spacial score (nSPS) is 24.0. The summed E-state index contributed by atoms with van der Waals surface area (Å²) in [4.78, 5) is 37.6. The topological polar surface area (TPSA) is 173 Å². The van der Waals surface area contributed by atoms with Crippen molar-refractivity contribution in [2.75, 3.05) is 13.2 Å². The molecular formula is C30H36N2O10. The molecule has 0 spiro atoms. The highest BCUT2D eigenvalue weighted by atomic mass is 16.7. The Labute approximate surface area is 243 Å². The van der Waals surface area contributed by atoms with E-state index in [4.69, 9.17) is 18.9 Å². The minimum atomic E-state index is -1.56. The highest BCUT2D eigenvalue weighted by Gasteiger charge is 2.47. The summed E-state index contributed by atoms with van der Waals surface area (Å²) in [6.07, 6.45) is -5.70. The largest absolute Gasteiger partial charge is 0.460 e. The van der Waals surface area contributed by atoms with Crippen molar-refractivity contribution in [1.29, 1.82) is 0 Å². The summed E-state index contributed by atoms with van der Waals surface area (Å²) in [6.45, 7) is 5.32.